The van der Waals surface area contributed by atoms with Crippen molar-refractivity contribution in [3.8, 4) is 6.07 Å². The standard InChI is InChI=1S/C25H29N5O2/c1-17-11-19(3)30(28-17)16-21-7-6-8-24(13-21)27-25(31)23(15-26)14-22-12-18(2)29(20(22)4)9-10-32-5/h6-8,11-14H,9-10,16H2,1-5H3,(H,27,31)/b23-14-. The number of benzene rings is 1. The summed E-state index contributed by atoms with van der Waals surface area (Å²) in [7, 11) is 1.67. The van der Waals surface area contributed by atoms with E-state index in [0.29, 0.717) is 18.8 Å². The average Bonchev–Trinajstić information content (AvgIpc) is 3.21. The van der Waals surface area contributed by atoms with Crippen LogP contribution in [-0.2, 0) is 22.6 Å². The lowest BCUT2D eigenvalue weighted by molar-refractivity contribution is -0.112. The Hall–Kier alpha value is -3.63. The molecular formula is C25H29N5O2. The summed E-state index contributed by atoms with van der Waals surface area (Å²) < 4.78 is 9.21. The second-order valence-corrected chi connectivity index (χ2v) is 7.88. The van der Waals surface area contributed by atoms with E-state index in [1.807, 2.05) is 74.8 Å². The highest BCUT2D eigenvalue weighted by atomic mass is 16.5. The van der Waals surface area contributed by atoms with Gasteiger partial charge in [-0.25, -0.2) is 0 Å². The summed E-state index contributed by atoms with van der Waals surface area (Å²) in [6, 6.07) is 13.6. The molecule has 2 heterocycles. The van der Waals surface area contributed by atoms with Gasteiger partial charge in [-0.3, -0.25) is 9.48 Å². The van der Waals surface area contributed by atoms with Crippen molar-refractivity contribution in [2.24, 2.45) is 0 Å². The van der Waals surface area contributed by atoms with Crippen LogP contribution in [-0.4, -0.2) is 34.0 Å². The number of methoxy groups -OCH3 is 1. The van der Waals surface area contributed by atoms with Gasteiger partial charge < -0.3 is 14.6 Å². The zero-order valence-corrected chi connectivity index (χ0v) is 19.3. The van der Waals surface area contributed by atoms with E-state index >= 15 is 0 Å². The molecule has 0 unspecified atom stereocenters. The fraction of sp³-hybridized carbons (Fsp3) is 0.320. The Bertz CT molecular complexity index is 1190. The van der Waals surface area contributed by atoms with Gasteiger partial charge in [-0.1, -0.05) is 12.1 Å². The van der Waals surface area contributed by atoms with Gasteiger partial charge in [0.2, 0.25) is 0 Å². The van der Waals surface area contributed by atoms with Crippen molar-refractivity contribution < 1.29 is 9.53 Å². The molecule has 0 bridgehead atoms. The van der Waals surface area contributed by atoms with Crippen molar-refractivity contribution in [1.29, 1.82) is 5.26 Å². The van der Waals surface area contributed by atoms with Crippen LogP contribution in [0.1, 0.15) is 33.9 Å². The van der Waals surface area contributed by atoms with E-state index < -0.39 is 5.91 Å². The van der Waals surface area contributed by atoms with E-state index in [2.05, 4.69) is 15.0 Å². The quantitative estimate of drug-likeness (QED) is 0.429. The maximum Gasteiger partial charge on any atom is 0.266 e. The van der Waals surface area contributed by atoms with E-state index in [9.17, 15) is 10.1 Å². The van der Waals surface area contributed by atoms with Crippen LogP contribution in [0.15, 0.2) is 42.0 Å². The fourth-order valence-electron chi connectivity index (χ4n) is 3.76. The number of nitrogens with one attached hydrogen (secondary N) is 1. The molecule has 166 valence electrons. The lowest BCUT2D eigenvalue weighted by Crippen LogP contribution is -2.14. The summed E-state index contributed by atoms with van der Waals surface area (Å²) in [6.07, 6.45) is 1.64. The van der Waals surface area contributed by atoms with Gasteiger partial charge in [0.25, 0.3) is 5.91 Å². The van der Waals surface area contributed by atoms with Crippen LogP contribution in [0.5, 0.6) is 0 Å². The lowest BCUT2D eigenvalue weighted by Gasteiger charge is -2.09. The van der Waals surface area contributed by atoms with Crippen molar-refractivity contribution >= 4 is 17.7 Å². The molecule has 0 aliphatic heterocycles. The summed E-state index contributed by atoms with van der Waals surface area (Å²) in [6.45, 7) is 9.88. The molecule has 3 aromatic rings. The number of carbonyl (C=O) groups is 1. The molecular weight excluding hydrogens is 402 g/mol. The number of amides is 1. The molecule has 7 nitrogen and oxygen atoms in total. The number of aromatic nitrogens is 3. The first kappa shape index (κ1) is 23.0. The van der Waals surface area contributed by atoms with Gasteiger partial charge in [-0.05, 0) is 69.2 Å². The molecule has 7 heteroatoms. The number of hydrogen-bond acceptors (Lipinski definition) is 4. The third-order valence-corrected chi connectivity index (χ3v) is 5.42. The number of nitrogens with zero attached hydrogens (tertiary/aromatic N) is 4. The minimum Gasteiger partial charge on any atom is -0.383 e. The number of carbonyl (C=O) groups excluding carboxylic acids is 1. The summed E-state index contributed by atoms with van der Waals surface area (Å²) in [5, 5.41) is 16.9. The van der Waals surface area contributed by atoms with Crippen LogP contribution < -0.4 is 5.32 Å². The van der Waals surface area contributed by atoms with Gasteiger partial charge in [0.05, 0.1) is 18.8 Å². The van der Waals surface area contributed by atoms with Gasteiger partial charge in [-0.15, -0.1) is 0 Å². The molecule has 0 aliphatic carbocycles. The van der Waals surface area contributed by atoms with Gasteiger partial charge in [0.1, 0.15) is 11.6 Å². The van der Waals surface area contributed by atoms with Gasteiger partial charge in [0, 0.05) is 36.4 Å². The Morgan fingerprint density at radius 3 is 2.62 bits per heavy atom. The van der Waals surface area contributed by atoms with Gasteiger partial charge in [-0.2, -0.15) is 10.4 Å². The highest BCUT2D eigenvalue weighted by Gasteiger charge is 2.13. The molecule has 0 saturated carbocycles. The van der Waals surface area contributed by atoms with Crippen LogP contribution in [0.3, 0.4) is 0 Å². The zero-order chi connectivity index (χ0) is 23.3. The number of hydrogen-bond donors (Lipinski definition) is 1. The highest BCUT2D eigenvalue weighted by molar-refractivity contribution is 6.09. The second-order valence-electron chi connectivity index (χ2n) is 7.88. The molecule has 0 atom stereocenters. The molecule has 1 amide bonds. The Morgan fingerprint density at radius 1 is 1.19 bits per heavy atom. The number of aryl methyl sites for hydroxylation is 3. The van der Waals surface area contributed by atoms with Crippen LogP contribution in [0.4, 0.5) is 5.69 Å². The van der Waals surface area contributed by atoms with Gasteiger partial charge >= 0.3 is 0 Å². The van der Waals surface area contributed by atoms with E-state index in [0.717, 1.165) is 40.4 Å². The van der Waals surface area contributed by atoms with Crippen molar-refractivity contribution in [2.45, 2.75) is 40.8 Å². The second kappa shape index (κ2) is 10.1. The number of rotatable bonds is 8. The Balaban J connectivity index is 1.77. The molecule has 32 heavy (non-hydrogen) atoms. The predicted molar refractivity (Wildman–Crippen MR) is 125 cm³/mol. The minimum atomic E-state index is -0.433. The lowest BCUT2D eigenvalue weighted by atomic mass is 10.1. The average molecular weight is 432 g/mol. The maximum absolute atomic E-state index is 12.8. The summed E-state index contributed by atoms with van der Waals surface area (Å²) in [5.74, 6) is -0.433. The first-order valence-corrected chi connectivity index (χ1v) is 10.5. The Morgan fingerprint density at radius 2 is 1.97 bits per heavy atom. The van der Waals surface area contributed by atoms with Crippen molar-refractivity contribution in [1.82, 2.24) is 14.3 Å². The minimum absolute atomic E-state index is 0.0564. The van der Waals surface area contributed by atoms with Crippen LogP contribution in [0, 0.1) is 39.0 Å². The Labute approximate surface area is 188 Å². The maximum atomic E-state index is 12.8. The monoisotopic (exact) mass is 431 g/mol. The molecule has 0 spiro atoms. The highest BCUT2D eigenvalue weighted by Crippen LogP contribution is 2.20. The normalized spacial score (nSPS) is 11.4. The van der Waals surface area contributed by atoms with Crippen molar-refractivity contribution in [2.75, 3.05) is 19.0 Å². The predicted octanol–water partition coefficient (Wildman–Crippen LogP) is 4.16. The van der Waals surface area contributed by atoms with E-state index in [4.69, 9.17) is 4.74 Å². The molecule has 1 N–H and O–H groups in total. The summed E-state index contributed by atoms with van der Waals surface area (Å²) >= 11 is 0. The first-order valence-electron chi connectivity index (χ1n) is 10.5. The fourth-order valence-corrected chi connectivity index (χ4v) is 3.76. The smallest absolute Gasteiger partial charge is 0.266 e. The third-order valence-electron chi connectivity index (χ3n) is 5.42. The number of nitriles is 1. The molecule has 0 fully saturated rings. The summed E-state index contributed by atoms with van der Waals surface area (Å²) in [4.78, 5) is 12.8. The molecule has 2 aromatic heterocycles. The van der Waals surface area contributed by atoms with E-state index in [1.165, 1.54) is 0 Å². The van der Waals surface area contributed by atoms with Gasteiger partial charge in [0.15, 0.2) is 0 Å². The van der Waals surface area contributed by atoms with Crippen LogP contribution >= 0.6 is 0 Å². The zero-order valence-electron chi connectivity index (χ0n) is 19.3. The van der Waals surface area contributed by atoms with Crippen LogP contribution in [0.2, 0.25) is 0 Å². The molecule has 1 aromatic carbocycles. The topological polar surface area (TPSA) is 84.9 Å². The number of ether oxygens (including phenoxy) is 1. The first-order chi connectivity index (χ1) is 15.3. The number of anilines is 1. The SMILES string of the molecule is COCCn1c(C)cc(/C=C(/C#N)C(=O)Nc2cccc(Cn3nc(C)cc3C)c2)c1C. The van der Waals surface area contributed by atoms with E-state index in [1.54, 1.807) is 13.2 Å². The van der Waals surface area contributed by atoms with Crippen molar-refractivity contribution in [3.63, 3.8) is 0 Å². The third kappa shape index (κ3) is 5.34. The molecule has 3 rings (SSSR count). The summed E-state index contributed by atoms with van der Waals surface area (Å²) in [5.41, 5.74) is 6.66. The molecule has 0 saturated heterocycles. The van der Waals surface area contributed by atoms with E-state index in [-0.39, 0.29) is 5.57 Å². The van der Waals surface area contributed by atoms with Crippen molar-refractivity contribution in [3.05, 3.63) is 75.9 Å². The molecule has 0 aliphatic rings. The largest absolute Gasteiger partial charge is 0.383 e. The van der Waals surface area contributed by atoms with Crippen LogP contribution in [0.25, 0.3) is 6.08 Å². The Kier molecular flexibility index (Phi) is 7.29. The molecule has 0 radical (unpaired) electrons.